The first-order chi connectivity index (χ1) is 21.2. The number of ether oxygens (including phenoxy) is 2. The molecule has 1 aromatic heterocycles. The molecule has 0 spiro atoms. The van der Waals surface area contributed by atoms with E-state index in [9.17, 15) is 35.9 Å². The van der Waals surface area contributed by atoms with Crippen LogP contribution < -0.4 is 9.47 Å². The first-order valence-electron chi connectivity index (χ1n) is 13.6. The number of alkyl halides is 6. The summed E-state index contributed by atoms with van der Waals surface area (Å²) in [6.07, 6.45) is -9.68. The van der Waals surface area contributed by atoms with Gasteiger partial charge in [-0.25, -0.2) is 0 Å². The van der Waals surface area contributed by atoms with Crippen LogP contribution in [0.4, 0.5) is 26.3 Å². The third-order valence-corrected chi connectivity index (χ3v) is 9.28. The lowest BCUT2D eigenvalue weighted by molar-refractivity contribution is -0.275. The molecule has 2 atom stereocenters. The minimum Gasteiger partial charge on any atom is -0.493 e. The van der Waals surface area contributed by atoms with E-state index in [1.165, 1.54) is 41.3 Å². The van der Waals surface area contributed by atoms with E-state index in [4.69, 9.17) is 21.4 Å². The van der Waals surface area contributed by atoms with Crippen LogP contribution in [0, 0.1) is 5.92 Å². The number of carbonyl (C=O) groups excluding carboxylic acids is 1. The van der Waals surface area contributed by atoms with Crippen LogP contribution in [0.5, 0.6) is 11.5 Å². The van der Waals surface area contributed by atoms with Crippen LogP contribution in [0.15, 0.2) is 36.4 Å². The Labute approximate surface area is 261 Å². The van der Waals surface area contributed by atoms with Gasteiger partial charge in [-0.2, -0.15) is 13.2 Å². The lowest BCUT2D eigenvalue weighted by Crippen LogP contribution is -2.39. The fourth-order valence-corrected chi connectivity index (χ4v) is 7.28. The van der Waals surface area contributed by atoms with Crippen LogP contribution >= 0.6 is 23.4 Å². The van der Waals surface area contributed by atoms with Gasteiger partial charge in [-0.15, -0.1) is 35.1 Å². The summed E-state index contributed by atoms with van der Waals surface area (Å²) in [6, 6.07) is 7.95. The lowest BCUT2D eigenvalue weighted by atomic mass is 9.93. The summed E-state index contributed by atoms with van der Waals surface area (Å²) in [5.41, 5.74) is -0.0717. The van der Waals surface area contributed by atoms with Crippen molar-refractivity contribution in [3.05, 3.63) is 64.2 Å². The summed E-state index contributed by atoms with van der Waals surface area (Å²) in [7, 11) is 1.14. The number of para-hydroxylation sites is 1. The monoisotopic (exact) mass is 678 g/mol. The van der Waals surface area contributed by atoms with Gasteiger partial charge >= 0.3 is 18.5 Å². The predicted molar refractivity (Wildman–Crippen MR) is 149 cm³/mol. The molecule has 1 amide bonds. The quantitative estimate of drug-likeness (QED) is 0.271. The number of piperidine rings is 1. The van der Waals surface area contributed by atoms with Crippen molar-refractivity contribution in [2.24, 2.45) is 5.92 Å². The normalized spacial score (nSPS) is 19.0. The molecule has 5 rings (SSSR count). The second-order valence-corrected chi connectivity index (χ2v) is 12.2. The number of methoxy groups -OCH3 is 1. The maximum Gasteiger partial charge on any atom is 0.573 e. The van der Waals surface area contributed by atoms with Crippen LogP contribution in [0.3, 0.4) is 0 Å². The van der Waals surface area contributed by atoms with Crippen molar-refractivity contribution in [3.63, 3.8) is 0 Å². The molecule has 3 heterocycles. The molecule has 2 aromatic carbocycles. The number of likely N-dealkylation sites (tertiary alicyclic amines) is 1. The second-order valence-electron chi connectivity index (χ2n) is 10.5. The van der Waals surface area contributed by atoms with Crippen LogP contribution in [-0.2, 0) is 15.8 Å². The largest absolute Gasteiger partial charge is 0.573 e. The Bertz CT molecular complexity index is 1590. The van der Waals surface area contributed by atoms with Gasteiger partial charge in [-0.05, 0) is 48.6 Å². The number of halogens is 7. The zero-order chi connectivity index (χ0) is 32.7. The SMILES string of the molecule is COc1cccc([C@H]2S[C@H](CC(=O)N3CCC(CC(=O)O)CC3)c3nnc(C(F)(F)F)n3-c3ccc(Cl)cc32)c1OC(F)(F)F. The molecule has 0 unspecified atom stereocenters. The van der Waals surface area contributed by atoms with Gasteiger partial charge in [-0.1, -0.05) is 23.7 Å². The summed E-state index contributed by atoms with van der Waals surface area (Å²) in [5, 5.41) is 14.2. The van der Waals surface area contributed by atoms with E-state index in [1.54, 1.807) is 0 Å². The zero-order valence-electron chi connectivity index (χ0n) is 23.4. The maximum atomic E-state index is 14.3. The van der Waals surface area contributed by atoms with E-state index in [0.717, 1.165) is 23.4 Å². The van der Waals surface area contributed by atoms with Gasteiger partial charge in [-0.3, -0.25) is 14.2 Å². The number of carbonyl (C=O) groups is 2. The molecule has 45 heavy (non-hydrogen) atoms. The molecule has 9 nitrogen and oxygen atoms in total. The average Bonchev–Trinajstić information content (AvgIpc) is 3.36. The Kier molecular flexibility index (Phi) is 9.18. The van der Waals surface area contributed by atoms with E-state index in [0.29, 0.717) is 12.8 Å². The maximum absolute atomic E-state index is 14.3. The molecule has 17 heteroatoms. The Balaban J connectivity index is 1.62. The molecule has 1 N–H and O–H groups in total. The fraction of sp³-hybridized carbons (Fsp3) is 0.429. The number of nitrogens with zero attached hydrogens (tertiary/aromatic N) is 4. The van der Waals surface area contributed by atoms with Gasteiger partial charge in [0.25, 0.3) is 0 Å². The highest BCUT2D eigenvalue weighted by Gasteiger charge is 2.45. The summed E-state index contributed by atoms with van der Waals surface area (Å²) in [4.78, 5) is 26.2. The van der Waals surface area contributed by atoms with Gasteiger partial charge in [0.05, 0.1) is 23.3 Å². The molecular formula is C28H25ClF6N4O5S. The van der Waals surface area contributed by atoms with E-state index >= 15 is 0 Å². The predicted octanol–water partition coefficient (Wildman–Crippen LogP) is 6.83. The smallest absolute Gasteiger partial charge is 0.493 e. The molecule has 1 saturated heterocycles. The second kappa shape index (κ2) is 12.6. The summed E-state index contributed by atoms with van der Waals surface area (Å²) >= 11 is 7.18. The number of aliphatic carboxylic acids is 1. The molecule has 0 bridgehead atoms. The molecule has 0 aliphatic carbocycles. The number of hydrogen-bond donors (Lipinski definition) is 1. The number of aromatic nitrogens is 3. The zero-order valence-corrected chi connectivity index (χ0v) is 24.9. The van der Waals surface area contributed by atoms with Gasteiger partial charge < -0.3 is 19.5 Å². The van der Waals surface area contributed by atoms with Crippen LogP contribution in [0.2, 0.25) is 5.02 Å². The van der Waals surface area contributed by atoms with Crippen molar-refractivity contribution in [1.82, 2.24) is 19.7 Å². The van der Waals surface area contributed by atoms with Crippen molar-refractivity contribution in [2.45, 2.75) is 48.7 Å². The van der Waals surface area contributed by atoms with Crippen molar-refractivity contribution >= 4 is 35.2 Å². The van der Waals surface area contributed by atoms with Gasteiger partial charge in [0.1, 0.15) is 0 Å². The third kappa shape index (κ3) is 7.11. The Morgan fingerprint density at radius 1 is 1.04 bits per heavy atom. The van der Waals surface area contributed by atoms with Crippen molar-refractivity contribution in [3.8, 4) is 17.2 Å². The third-order valence-electron chi connectivity index (χ3n) is 7.56. The highest BCUT2D eigenvalue weighted by Crippen LogP contribution is 2.55. The lowest BCUT2D eigenvalue weighted by Gasteiger charge is -2.32. The highest BCUT2D eigenvalue weighted by molar-refractivity contribution is 8.00. The highest BCUT2D eigenvalue weighted by atomic mass is 35.5. The number of benzene rings is 2. The molecule has 3 aromatic rings. The minimum absolute atomic E-state index is 0.0464. The van der Waals surface area contributed by atoms with Gasteiger partial charge in [0, 0.05) is 36.5 Å². The number of rotatable bonds is 7. The van der Waals surface area contributed by atoms with Gasteiger partial charge in [0.15, 0.2) is 17.3 Å². The number of carboxylic acids is 1. The summed E-state index contributed by atoms with van der Waals surface area (Å²) in [5.74, 6) is -4.10. The first kappa shape index (κ1) is 32.7. The summed E-state index contributed by atoms with van der Waals surface area (Å²) in [6.45, 7) is 0.487. The summed E-state index contributed by atoms with van der Waals surface area (Å²) < 4.78 is 93.9. The number of fused-ring (bicyclic) bond motifs is 3. The molecule has 0 saturated carbocycles. The molecule has 242 valence electrons. The standard InChI is InChI=1S/C28H25ClF6N4O5S/c1-43-19-4-2-3-16(23(19)44-28(33,34)35)24-17-12-15(29)5-6-18(17)39-25(36-37-26(39)27(30,31)32)20(45-24)13-21(40)38-9-7-14(8-10-38)11-22(41)42/h2-6,12,14,20,24H,7-11,13H2,1H3,(H,41,42)/t20-,24-/m1/s1. The molecule has 2 aliphatic heterocycles. The topological polar surface area (TPSA) is 107 Å². The Morgan fingerprint density at radius 3 is 2.38 bits per heavy atom. The minimum atomic E-state index is -5.14. The number of carboxylic acid groups (broad SMARTS) is 1. The Morgan fingerprint density at radius 2 is 1.76 bits per heavy atom. The van der Waals surface area contributed by atoms with E-state index in [1.807, 2.05) is 0 Å². The molecular weight excluding hydrogens is 654 g/mol. The average molecular weight is 679 g/mol. The van der Waals surface area contributed by atoms with Crippen molar-refractivity contribution < 1.29 is 50.5 Å². The van der Waals surface area contributed by atoms with Crippen LogP contribution in [-0.4, -0.2) is 63.2 Å². The van der Waals surface area contributed by atoms with Crippen LogP contribution in [0.25, 0.3) is 5.69 Å². The molecule has 1 fully saturated rings. The van der Waals surface area contributed by atoms with E-state index in [2.05, 4.69) is 14.9 Å². The number of thioether (sulfide) groups is 1. The number of hydrogen-bond acceptors (Lipinski definition) is 7. The first-order valence-corrected chi connectivity index (χ1v) is 14.9. The van der Waals surface area contributed by atoms with Crippen molar-refractivity contribution in [2.75, 3.05) is 20.2 Å². The fourth-order valence-electron chi connectivity index (χ4n) is 5.59. The Hall–Kier alpha value is -3.66. The van der Waals surface area contributed by atoms with Gasteiger partial charge in [0.2, 0.25) is 11.7 Å². The molecule has 0 radical (unpaired) electrons. The number of amides is 1. The van der Waals surface area contributed by atoms with Crippen molar-refractivity contribution in [1.29, 1.82) is 0 Å². The molecule has 2 aliphatic rings. The van der Waals surface area contributed by atoms with Crippen LogP contribution in [0.1, 0.15) is 59.0 Å². The van der Waals surface area contributed by atoms with E-state index < -0.39 is 46.5 Å². The van der Waals surface area contributed by atoms with E-state index in [-0.39, 0.29) is 65.3 Å².